The minimum atomic E-state index is -0.151. The molecule has 0 unspecified atom stereocenters. The molecule has 0 saturated carbocycles. The number of fused-ring (bicyclic) bond motifs is 1. The van der Waals surface area contributed by atoms with Gasteiger partial charge in [0.2, 0.25) is 0 Å². The molecule has 1 amide bonds. The lowest BCUT2D eigenvalue weighted by Gasteiger charge is -2.41. The van der Waals surface area contributed by atoms with Gasteiger partial charge in [-0.2, -0.15) is 0 Å². The molecule has 23 heavy (non-hydrogen) atoms. The zero-order valence-electron chi connectivity index (χ0n) is 13.7. The molecule has 0 radical (unpaired) electrons. The second-order valence-corrected chi connectivity index (χ2v) is 7.75. The van der Waals surface area contributed by atoms with Gasteiger partial charge in [0.25, 0.3) is 5.91 Å². The van der Waals surface area contributed by atoms with Crippen LogP contribution in [-0.4, -0.2) is 36.0 Å². The van der Waals surface area contributed by atoms with E-state index in [0.717, 1.165) is 28.5 Å². The molecular weight excluding hydrogens is 356 g/mol. The highest BCUT2D eigenvalue weighted by Crippen LogP contribution is 2.24. The van der Waals surface area contributed by atoms with E-state index in [0.29, 0.717) is 12.3 Å². The maximum absolute atomic E-state index is 12.4. The minimum Gasteiger partial charge on any atom is -0.451 e. The fourth-order valence-corrected chi connectivity index (χ4v) is 3.50. The van der Waals surface area contributed by atoms with E-state index in [1.807, 2.05) is 18.2 Å². The summed E-state index contributed by atoms with van der Waals surface area (Å²) < 4.78 is 6.62. The van der Waals surface area contributed by atoms with Crippen molar-refractivity contribution in [2.45, 2.75) is 38.6 Å². The van der Waals surface area contributed by atoms with E-state index in [1.165, 1.54) is 19.3 Å². The molecule has 2 aromatic rings. The van der Waals surface area contributed by atoms with Crippen LogP contribution < -0.4 is 5.32 Å². The van der Waals surface area contributed by atoms with E-state index in [2.05, 4.69) is 40.0 Å². The summed E-state index contributed by atoms with van der Waals surface area (Å²) in [6.45, 7) is 7.22. The lowest BCUT2D eigenvalue weighted by atomic mass is 9.98. The third-order valence-electron chi connectivity index (χ3n) is 4.60. The van der Waals surface area contributed by atoms with Crippen LogP contribution in [0.3, 0.4) is 0 Å². The molecule has 0 spiro atoms. The molecule has 3 rings (SSSR count). The number of amides is 1. The fraction of sp³-hybridized carbons (Fsp3) is 0.500. The Kier molecular flexibility index (Phi) is 4.78. The number of rotatable bonds is 4. The third kappa shape index (κ3) is 3.78. The van der Waals surface area contributed by atoms with E-state index >= 15 is 0 Å². The van der Waals surface area contributed by atoms with Crippen LogP contribution in [0.5, 0.6) is 0 Å². The fourth-order valence-electron chi connectivity index (χ4n) is 3.12. The lowest BCUT2D eigenvalue weighted by Crippen LogP contribution is -2.53. The van der Waals surface area contributed by atoms with Crippen LogP contribution in [0.15, 0.2) is 33.2 Å². The number of nitrogens with zero attached hydrogens (tertiary/aromatic N) is 1. The van der Waals surface area contributed by atoms with Crippen molar-refractivity contribution in [2.75, 3.05) is 19.6 Å². The second-order valence-electron chi connectivity index (χ2n) is 6.84. The predicted molar refractivity (Wildman–Crippen MR) is 95.8 cm³/mol. The summed E-state index contributed by atoms with van der Waals surface area (Å²) in [5.74, 6) is 0.218. The van der Waals surface area contributed by atoms with Gasteiger partial charge >= 0.3 is 0 Å². The number of halogens is 1. The van der Waals surface area contributed by atoms with Crippen LogP contribution >= 0.6 is 15.9 Å². The van der Waals surface area contributed by atoms with Crippen LogP contribution in [0.25, 0.3) is 11.0 Å². The average Bonchev–Trinajstić information content (AvgIpc) is 2.96. The van der Waals surface area contributed by atoms with E-state index in [9.17, 15) is 4.79 Å². The van der Waals surface area contributed by atoms with Crippen molar-refractivity contribution in [1.29, 1.82) is 0 Å². The number of furan rings is 1. The summed E-state index contributed by atoms with van der Waals surface area (Å²) in [7, 11) is 0. The molecule has 0 aliphatic carbocycles. The highest BCUT2D eigenvalue weighted by Gasteiger charge is 2.28. The van der Waals surface area contributed by atoms with Gasteiger partial charge in [0.1, 0.15) is 5.58 Å². The molecule has 1 N–H and O–H groups in total. The average molecular weight is 379 g/mol. The maximum atomic E-state index is 12.4. The number of benzene rings is 1. The lowest BCUT2D eigenvalue weighted by molar-refractivity contribution is 0.0781. The molecule has 1 fully saturated rings. The molecule has 0 atom stereocenters. The van der Waals surface area contributed by atoms with Gasteiger partial charge in [-0.25, -0.2) is 0 Å². The summed E-state index contributed by atoms with van der Waals surface area (Å²) in [4.78, 5) is 14.9. The Morgan fingerprint density at radius 2 is 2.00 bits per heavy atom. The largest absolute Gasteiger partial charge is 0.451 e. The number of likely N-dealkylation sites (tertiary alicyclic amines) is 1. The van der Waals surface area contributed by atoms with Gasteiger partial charge in [0.15, 0.2) is 5.76 Å². The summed E-state index contributed by atoms with van der Waals surface area (Å²) in [5, 5.41) is 3.96. The zero-order chi connectivity index (χ0) is 16.4. The Morgan fingerprint density at radius 3 is 2.74 bits per heavy atom. The molecule has 1 aliphatic heterocycles. The SMILES string of the molecule is CC(C)(CNC(=O)c1cc2cc(Br)ccc2o1)N1CCCCC1. The van der Waals surface area contributed by atoms with Crippen LogP contribution in [-0.2, 0) is 0 Å². The molecule has 5 heteroatoms. The molecule has 1 saturated heterocycles. The van der Waals surface area contributed by atoms with Crippen LogP contribution in [0.2, 0.25) is 0 Å². The van der Waals surface area contributed by atoms with Crippen LogP contribution in [0.4, 0.5) is 0 Å². The molecule has 124 valence electrons. The molecule has 4 nitrogen and oxygen atoms in total. The van der Waals surface area contributed by atoms with Gasteiger partial charge in [0, 0.05) is 21.9 Å². The molecule has 1 aromatic carbocycles. The van der Waals surface area contributed by atoms with Crippen LogP contribution in [0, 0.1) is 0 Å². The molecular formula is C18H23BrN2O2. The summed E-state index contributed by atoms with van der Waals surface area (Å²) >= 11 is 3.43. The highest BCUT2D eigenvalue weighted by atomic mass is 79.9. The quantitative estimate of drug-likeness (QED) is 0.867. The molecule has 2 heterocycles. The first-order valence-corrected chi connectivity index (χ1v) is 8.97. The summed E-state index contributed by atoms with van der Waals surface area (Å²) in [6, 6.07) is 7.53. The van der Waals surface area contributed by atoms with Crippen molar-refractivity contribution in [3.05, 3.63) is 34.5 Å². The van der Waals surface area contributed by atoms with Gasteiger partial charge in [-0.1, -0.05) is 22.4 Å². The van der Waals surface area contributed by atoms with Gasteiger partial charge in [-0.05, 0) is 64.0 Å². The first kappa shape index (κ1) is 16.5. The molecule has 1 aromatic heterocycles. The second kappa shape index (κ2) is 6.65. The monoisotopic (exact) mass is 378 g/mol. The summed E-state index contributed by atoms with van der Waals surface area (Å²) in [5.41, 5.74) is 0.694. The van der Waals surface area contributed by atoms with E-state index < -0.39 is 0 Å². The number of piperidine rings is 1. The van der Waals surface area contributed by atoms with Crippen molar-refractivity contribution >= 4 is 32.8 Å². The Labute approximate surface area is 145 Å². The highest BCUT2D eigenvalue weighted by molar-refractivity contribution is 9.10. The topological polar surface area (TPSA) is 45.5 Å². The number of nitrogens with one attached hydrogen (secondary N) is 1. The van der Waals surface area contributed by atoms with Gasteiger partial charge < -0.3 is 9.73 Å². The standard InChI is InChI=1S/C18H23BrN2O2/c1-18(2,21-8-4-3-5-9-21)12-20-17(22)16-11-13-10-14(19)6-7-15(13)23-16/h6-7,10-11H,3-5,8-9,12H2,1-2H3,(H,20,22). The Hall–Kier alpha value is -1.33. The number of hydrogen-bond donors (Lipinski definition) is 1. The number of hydrogen-bond acceptors (Lipinski definition) is 3. The van der Waals surface area contributed by atoms with Gasteiger partial charge in [-0.3, -0.25) is 9.69 Å². The molecule has 0 bridgehead atoms. The number of carbonyl (C=O) groups excluding carboxylic acids is 1. The predicted octanol–water partition coefficient (Wildman–Crippen LogP) is 4.19. The van der Waals surface area contributed by atoms with E-state index in [-0.39, 0.29) is 11.4 Å². The van der Waals surface area contributed by atoms with Crippen molar-refractivity contribution in [1.82, 2.24) is 10.2 Å². The number of carbonyl (C=O) groups is 1. The van der Waals surface area contributed by atoms with Crippen molar-refractivity contribution < 1.29 is 9.21 Å². The normalized spacial score (nSPS) is 16.7. The van der Waals surface area contributed by atoms with Gasteiger partial charge in [0.05, 0.1) is 0 Å². The Balaban J connectivity index is 1.65. The van der Waals surface area contributed by atoms with Crippen molar-refractivity contribution in [2.24, 2.45) is 0 Å². The molecule has 1 aliphatic rings. The van der Waals surface area contributed by atoms with Crippen molar-refractivity contribution in [3.8, 4) is 0 Å². The summed E-state index contributed by atoms with van der Waals surface area (Å²) in [6.07, 6.45) is 3.80. The Bertz CT molecular complexity index is 702. The Morgan fingerprint density at radius 1 is 1.26 bits per heavy atom. The van der Waals surface area contributed by atoms with Gasteiger partial charge in [-0.15, -0.1) is 0 Å². The maximum Gasteiger partial charge on any atom is 0.287 e. The third-order valence-corrected chi connectivity index (χ3v) is 5.09. The minimum absolute atomic E-state index is 0.0366. The van der Waals surface area contributed by atoms with Crippen molar-refractivity contribution in [3.63, 3.8) is 0 Å². The first-order chi connectivity index (χ1) is 11.0. The van der Waals surface area contributed by atoms with Crippen LogP contribution in [0.1, 0.15) is 43.7 Å². The van der Waals surface area contributed by atoms with E-state index in [1.54, 1.807) is 6.07 Å². The smallest absolute Gasteiger partial charge is 0.287 e. The van der Waals surface area contributed by atoms with E-state index in [4.69, 9.17) is 4.42 Å². The zero-order valence-corrected chi connectivity index (χ0v) is 15.3. The first-order valence-electron chi connectivity index (χ1n) is 8.18.